The Balaban J connectivity index is 1.80. The lowest BCUT2D eigenvalue weighted by Crippen LogP contribution is -2.29. The smallest absolute Gasteiger partial charge is 0.300 e. The Kier molecular flexibility index (Phi) is 9.15. The molecule has 0 bridgehead atoms. The van der Waals surface area contributed by atoms with E-state index in [1.165, 1.54) is 19.1 Å². The average molecular weight is 544 g/mol. The fourth-order valence-electron chi connectivity index (χ4n) is 4.86. The van der Waals surface area contributed by atoms with Crippen molar-refractivity contribution in [1.29, 1.82) is 0 Å². The average Bonchev–Trinajstić information content (AvgIpc) is 3.24. The summed E-state index contributed by atoms with van der Waals surface area (Å²) in [6, 6.07) is 18.8. The van der Waals surface area contributed by atoms with E-state index in [0.717, 1.165) is 24.8 Å². The van der Waals surface area contributed by atoms with Crippen LogP contribution >= 0.6 is 0 Å². The number of ether oxygens (including phenoxy) is 3. The highest BCUT2D eigenvalue weighted by Gasteiger charge is 2.47. The van der Waals surface area contributed by atoms with Gasteiger partial charge in [0.15, 0.2) is 11.5 Å². The Morgan fingerprint density at radius 1 is 0.900 bits per heavy atom. The number of aliphatic hydroxyl groups is 1. The first-order valence-corrected chi connectivity index (χ1v) is 13.7. The molecule has 0 radical (unpaired) electrons. The fourth-order valence-corrected chi connectivity index (χ4v) is 4.86. The van der Waals surface area contributed by atoms with Gasteiger partial charge in [-0.2, -0.15) is 0 Å². The first-order valence-electron chi connectivity index (χ1n) is 13.7. The maximum absolute atomic E-state index is 13.5. The van der Waals surface area contributed by atoms with Crippen molar-refractivity contribution in [2.75, 3.05) is 25.7 Å². The largest absolute Gasteiger partial charge is 0.507 e. The van der Waals surface area contributed by atoms with Crippen molar-refractivity contribution in [3.05, 3.63) is 89.0 Å². The van der Waals surface area contributed by atoms with Crippen LogP contribution in [0, 0.1) is 0 Å². The molecule has 40 heavy (non-hydrogen) atoms. The van der Waals surface area contributed by atoms with Crippen LogP contribution < -0.4 is 19.1 Å². The van der Waals surface area contributed by atoms with Crippen molar-refractivity contribution in [2.24, 2.45) is 0 Å². The van der Waals surface area contributed by atoms with E-state index in [-0.39, 0.29) is 11.3 Å². The Labute approximate surface area is 236 Å². The molecule has 0 spiro atoms. The van der Waals surface area contributed by atoms with Crippen LogP contribution in [0.3, 0.4) is 0 Å². The minimum atomic E-state index is -0.880. The van der Waals surface area contributed by atoms with Gasteiger partial charge in [0.2, 0.25) is 0 Å². The summed E-state index contributed by atoms with van der Waals surface area (Å²) in [5.41, 5.74) is 2.68. The van der Waals surface area contributed by atoms with E-state index in [0.29, 0.717) is 46.6 Å². The van der Waals surface area contributed by atoms with Gasteiger partial charge in [0, 0.05) is 11.3 Å². The van der Waals surface area contributed by atoms with E-state index >= 15 is 0 Å². The maximum atomic E-state index is 13.5. The standard InChI is InChI=1S/C33H37NO6/c1-6-7-8-19-40-26-16-11-23(12-17-26)31(35)29-30(24-13-18-27(38-4)28(20-24)39-5)34(33(37)32(29)36)25-14-9-22(10-15-25)21(2)3/h9-18,20-21,30,35H,6-8,19H2,1-5H3/b31-29-. The van der Waals surface area contributed by atoms with Gasteiger partial charge in [0.25, 0.3) is 11.7 Å². The van der Waals surface area contributed by atoms with Gasteiger partial charge < -0.3 is 19.3 Å². The number of ketones is 1. The van der Waals surface area contributed by atoms with Gasteiger partial charge in [-0.3, -0.25) is 14.5 Å². The molecular weight excluding hydrogens is 506 g/mol. The Morgan fingerprint density at radius 3 is 2.17 bits per heavy atom. The summed E-state index contributed by atoms with van der Waals surface area (Å²) in [6.07, 6.45) is 3.16. The lowest BCUT2D eigenvalue weighted by atomic mass is 9.94. The molecule has 3 aromatic carbocycles. The molecule has 0 aromatic heterocycles. The number of carbonyl (C=O) groups is 2. The summed E-state index contributed by atoms with van der Waals surface area (Å²) in [5, 5.41) is 11.5. The zero-order valence-electron chi connectivity index (χ0n) is 23.8. The topological polar surface area (TPSA) is 85.3 Å². The number of amides is 1. The van der Waals surface area contributed by atoms with E-state index in [9.17, 15) is 14.7 Å². The number of anilines is 1. The number of methoxy groups -OCH3 is 2. The third-order valence-electron chi connectivity index (χ3n) is 7.15. The molecule has 1 unspecified atom stereocenters. The van der Waals surface area contributed by atoms with Gasteiger partial charge in [-0.15, -0.1) is 0 Å². The molecule has 0 aliphatic carbocycles. The number of hydrogen-bond acceptors (Lipinski definition) is 6. The van der Waals surface area contributed by atoms with Crippen molar-refractivity contribution in [1.82, 2.24) is 0 Å². The van der Waals surface area contributed by atoms with Crippen LogP contribution in [0.2, 0.25) is 0 Å². The predicted octanol–water partition coefficient (Wildman–Crippen LogP) is 7.02. The number of rotatable bonds is 11. The molecule has 7 nitrogen and oxygen atoms in total. The van der Waals surface area contributed by atoms with E-state index in [2.05, 4.69) is 20.8 Å². The summed E-state index contributed by atoms with van der Waals surface area (Å²) in [7, 11) is 3.06. The molecule has 3 aromatic rings. The summed E-state index contributed by atoms with van der Waals surface area (Å²) >= 11 is 0. The molecule has 1 saturated heterocycles. The number of carbonyl (C=O) groups excluding carboxylic acids is 2. The lowest BCUT2D eigenvalue weighted by molar-refractivity contribution is -0.132. The van der Waals surface area contributed by atoms with Crippen LogP contribution in [-0.4, -0.2) is 37.6 Å². The second-order valence-corrected chi connectivity index (χ2v) is 10.1. The fraction of sp³-hybridized carbons (Fsp3) is 0.333. The van der Waals surface area contributed by atoms with Crippen LogP contribution in [0.1, 0.15) is 68.7 Å². The third-order valence-corrected chi connectivity index (χ3v) is 7.15. The third kappa shape index (κ3) is 5.83. The summed E-state index contributed by atoms with van der Waals surface area (Å²) in [4.78, 5) is 28.5. The van der Waals surface area contributed by atoms with Crippen LogP contribution in [0.15, 0.2) is 72.3 Å². The predicted molar refractivity (Wildman–Crippen MR) is 156 cm³/mol. The van der Waals surface area contributed by atoms with Gasteiger partial charge >= 0.3 is 0 Å². The highest BCUT2D eigenvalue weighted by molar-refractivity contribution is 6.51. The second kappa shape index (κ2) is 12.7. The van der Waals surface area contributed by atoms with Crippen LogP contribution in [0.5, 0.6) is 17.2 Å². The molecule has 1 heterocycles. The van der Waals surface area contributed by atoms with Gasteiger partial charge in [-0.05, 0) is 72.0 Å². The molecule has 1 amide bonds. The van der Waals surface area contributed by atoms with E-state index < -0.39 is 17.7 Å². The Bertz CT molecular complexity index is 1380. The Morgan fingerprint density at radius 2 is 1.57 bits per heavy atom. The number of hydrogen-bond donors (Lipinski definition) is 1. The maximum Gasteiger partial charge on any atom is 0.300 e. The van der Waals surface area contributed by atoms with Gasteiger partial charge in [0.1, 0.15) is 11.5 Å². The normalized spacial score (nSPS) is 16.4. The molecule has 1 aliphatic heterocycles. The van der Waals surface area contributed by atoms with E-state index in [4.69, 9.17) is 14.2 Å². The number of benzene rings is 3. The first-order chi connectivity index (χ1) is 19.3. The molecule has 0 saturated carbocycles. The molecule has 1 atom stereocenters. The van der Waals surface area contributed by atoms with Crippen LogP contribution in [0.25, 0.3) is 5.76 Å². The molecule has 7 heteroatoms. The van der Waals surface area contributed by atoms with E-state index in [1.807, 2.05) is 24.3 Å². The van der Waals surface area contributed by atoms with Gasteiger partial charge in [0.05, 0.1) is 32.4 Å². The number of Topliss-reactive ketones (excluding diaryl/α,β-unsaturated/α-hetero) is 1. The molecule has 1 N–H and O–H groups in total. The van der Waals surface area contributed by atoms with Crippen molar-refractivity contribution in [3.8, 4) is 17.2 Å². The van der Waals surface area contributed by atoms with Crippen LogP contribution in [0.4, 0.5) is 5.69 Å². The number of unbranched alkanes of at least 4 members (excludes halogenated alkanes) is 2. The molecule has 210 valence electrons. The minimum absolute atomic E-state index is 0.00164. The van der Waals surface area contributed by atoms with Crippen molar-refractivity contribution in [3.63, 3.8) is 0 Å². The zero-order chi connectivity index (χ0) is 28.8. The van der Waals surface area contributed by atoms with Crippen molar-refractivity contribution in [2.45, 2.75) is 52.0 Å². The highest BCUT2D eigenvalue weighted by atomic mass is 16.5. The minimum Gasteiger partial charge on any atom is -0.507 e. The van der Waals surface area contributed by atoms with Crippen LogP contribution in [-0.2, 0) is 9.59 Å². The van der Waals surface area contributed by atoms with Crippen molar-refractivity contribution < 1.29 is 28.9 Å². The monoisotopic (exact) mass is 543 g/mol. The summed E-state index contributed by atoms with van der Waals surface area (Å²) in [5.74, 6) is 0.223. The first kappa shape index (κ1) is 28.7. The molecule has 4 rings (SSSR count). The quantitative estimate of drug-likeness (QED) is 0.121. The number of aliphatic hydroxyl groups excluding tert-OH is 1. The van der Waals surface area contributed by atoms with Gasteiger partial charge in [-0.1, -0.05) is 51.8 Å². The summed E-state index contributed by atoms with van der Waals surface area (Å²) < 4.78 is 16.7. The molecular formula is C33H37NO6. The molecule has 1 aliphatic rings. The zero-order valence-corrected chi connectivity index (χ0v) is 23.8. The summed E-state index contributed by atoms with van der Waals surface area (Å²) in [6.45, 7) is 6.93. The molecule has 1 fully saturated rings. The Hall–Kier alpha value is -4.26. The van der Waals surface area contributed by atoms with Gasteiger partial charge in [-0.25, -0.2) is 0 Å². The van der Waals surface area contributed by atoms with E-state index in [1.54, 1.807) is 42.5 Å². The second-order valence-electron chi connectivity index (χ2n) is 10.1. The number of nitrogens with zero attached hydrogens (tertiary/aromatic N) is 1. The SMILES string of the molecule is CCCCCOc1ccc(/C(O)=C2/C(=O)C(=O)N(c3ccc(C(C)C)cc3)C2c2ccc(OC)c(OC)c2)cc1. The highest BCUT2D eigenvalue weighted by Crippen LogP contribution is 2.44. The lowest BCUT2D eigenvalue weighted by Gasteiger charge is -2.26. The van der Waals surface area contributed by atoms with Crippen molar-refractivity contribution >= 4 is 23.1 Å².